The number of sulfone groups is 1. The van der Waals surface area contributed by atoms with Crippen LogP contribution in [0.1, 0.15) is 40.0 Å². The van der Waals surface area contributed by atoms with E-state index in [1.165, 1.54) is 12.1 Å². The molecule has 1 aromatic rings. The van der Waals surface area contributed by atoms with Crippen molar-refractivity contribution in [3.05, 3.63) is 35.9 Å². The van der Waals surface area contributed by atoms with Gasteiger partial charge in [-0.25, -0.2) is 12.8 Å². The van der Waals surface area contributed by atoms with Gasteiger partial charge in [0.1, 0.15) is 0 Å². The Morgan fingerprint density at radius 2 is 1.93 bits per heavy atom. The number of hydrogen-bond donors (Lipinski definition) is 0. The molecule has 1 unspecified atom stereocenters. The maximum absolute atomic E-state index is 14.1. The minimum atomic E-state index is -3.42. The second-order valence-electron chi connectivity index (χ2n) is 8.85. The zero-order valence-corrected chi connectivity index (χ0v) is 19.0. The Bertz CT molecular complexity index is 810. The standard InChI is InChI=1S/C20H31FO4SSi/c1-20(2,3)27(5,6)25-16-9-7-15(8-10-16)14-24-19-12-11-17(13-18(19)21)26(4,22)23/h9,11-13,15H,7-8,10,14H2,1-6H3. The molecule has 0 aliphatic heterocycles. The average molecular weight is 415 g/mol. The molecule has 1 aliphatic rings. The third kappa shape index (κ3) is 5.81. The van der Waals surface area contributed by atoms with Gasteiger partial charge in [0, 0.05) is 12.7 Å². The van der Waals surface area contributed by atoms with Gasteiger partial charge in [-0.3, -0.25) is 0 Å². The fraction of sp³-hybridized carbons (Fsp3) is 0.600. The molecule has 0 heterocycles. The summed E-state index contributed by atoms with van der Waals surface area (Å²) >= 11 is 0. The predicted molar refractivity (Wildman–Crippen MR) is 109 cm³/mol. The van der Waals surface area contributed by atoms with Crippen LogP contribution in [-0.2, 0) is 14.3 Å². The number of benzene rings is 1. The second-order valence-corrected chi connectivity index (χ2v) is 15.6. The van der Waals surface area contributed by atoms with E-state index in [0.29, 0.717) is 12.5 Å². The summed E-state index contributed by atoms with van der Waals surface area (Å²) in [6.45, 7) is 11.6. The van der Waals surface area contributed by atoms with Crippen LogP contribution in [0.15, 0.2) is 34.9 Å². The molecule has 0 N–H and O–H groups in total. The quantitative estimate of drug-likeness (QED) is 0.592. The molecule has 7 heteroatoms. The van der Waals surface area contributed by atoms with Gasteiger partial charge in [0.05, 0.1) is 17.3 Å². The van der Waals surface area contributed by atoms with E-state index in [9.17, 15) is 12.8 Å². The minimum absolute atomic E-state index is 0.0413. The molecule has 0 spiro atoms. The maximum atomic E-state index is 14.1. The Morgan fingerprint density at radius 3 is 2.41 bits per heavy atom. The molecular formula is C20H31FO4SSi. The first-order valence-electron chi connectivity index (χ1n) is 9.30. The van der Waals surface area contributed by atoms with E-state index >= 15 is 0 Å². The van der Waals surface area contributed by atoms with Gasteiger partial charge in [-0.15, -0.1) is 0 Å². The summed E-state index contributed by atoms with van der Waals surface area (Å²) in [5.74, 6) is 0.813. The first kappa shape index (κ1) is 22.0. The smallest absolute Gasteiger partial charge is 0.250 e. The molecule has 1 atom stereocenters. The summed E-state index contributed by atoms with van der Waals surface area (Å²) in [5.41, 5.74) is 0. The normalized spacial score (nSPS) is 18.8. The maximum Gasteiger partial charge on any atom is 0.250 e. The number of halogens is 1. The second kappa shape index (κ2) is 7.95. The lowest BCUT2D eigenvalue weighted by molar-refractivity contribution is 0.217. The first-order valence-corrected chi connectivity index (χ1v) is 14.1. The van der Waals surface area contributed by atoms with Crippen molar-refractivity contribution >= 4 is 18.2 Å². The van der Waals surface area contributed by atoms with Crippen LogP contribution in [0.3, 0.4) is 0 Å². The highest BCUT2D eigenvalue weighted by atomic mass is 32.2. The van der Waals surface area contributed by atoms with Crippen molar-refractivity contribution in [1.29, 1.82) is 0 Å². The van der Waals surface area contributed by atoms with E-state index in [0.717, 1.165) is 37.3 Å². The molecule has 1 aromatic carbocycles. The predicted octanol–water partition coefficient (Wildman–Crippen LogP) is 5.31. The highest BCUT2D eigenvalue weighted by molar-refractivity contribution is 7.90. The summed E-state index contributed by atoms with van der Waals surface area (Å²) in [6, 6.07) is 3.77. The van der Waals surface area contributed by atoms with E-state index in [4.69, 9.17) is 9.16 Å². The lowest BCUT2D eigenvalue weighted by Gasteiger charge is -2.38. The Balaban J connectivity index is 1.92. The lowest BCUT2D eigenvalue weighted by Crippen LogP contribution is -2.40. The Morgan fingerprint density at radius 1 is 1.26 bits per heavy atom. The van der Waals surface area contributed by atoms with Crippen molar-refractivity contribution in [3.8, 4) is 5.75 Å². The van der Waals surface area contributed by atoms with Crippen LogP contribution in [0.5, 0.6) is 5.75 Å². The molecule has 0 fully saturated rings. The van der Waals surface area contributed by atoms with E-state index in [-0.39, 0.29) is 15.7 Å². The fourth-order valence-corrected chi connectivity index (χ4v) is 4.41. The van der Waals surface area contributed by atoms with Crippen molar-refractivity contribution in [1.82, 2.24) is 0 Å². The summed E-state index contributed by atoms with van der Waals surface area (Å²) in [7, 11) is -5.24. The number of ether oxygens (including phenoxy) is 1. The SMILES string of the molecule is CC(C)(C)[Si](C)(C)OC1=CCC(COc2ccc(S(C)(=O)=O)cc2F)CC1. The van der Waals surface area contributed by atoms with Gasteiger partial charge >= 0.3 is 0 Å². The van der Waals surface area contributed by atoms with Crippen LogP contribution in [0, 0.1) is 11.7 Å². The molecule has 0 aromatic heterocycles. The molecule has 27 heavy (non-hydrogen) atoms. The van der Waals surface area contributed by atoms with E-state index in [1.807, 2.05) is 0 Å². The van der Waals surface area contributed by atoms with Gasteiger partial charge in [0.25, 0.3) is 0 Å². The van der Waals surface area contributed by atoms with Crippen LogP contribution >= 0.6 is 0 Å². The van der Waals surface area contributed by atoms with Gasteiger partial charge in [-0.05, 0) is 61.2 Å². The Kier molecular flexibility index (Phi) is 6.47. The first-order chi connectivity index (χ1) is 12.3. The topological polar surface area (TPSA) is 52.6 Å². The number of hydrogen-bond acceptors (Lipinski definition) is 4. The third-order valence-electron chi connectivity index (χ3n) is 5.48. The van der Waals surface area contributed by atoms with Crippen LogP contribution in [-0.4, -0.2) is 29.6 Å². The minimum Gasteiger partial charge on any atom is -0.547 e. The van der Waals surface area contributed by atoms with Crippen molar-refractivity contribution in [2.75, 3.05) is 12.9 Å². The summed E-state index contributed by atoms with van der Waals surface area (Å²) < 4.78 is 49.0. The highest BCUT2D eigenvalue weighted by Crippen LogP contribution is 2.39. The third-order valence-corrected chi connectivity index (χ3v) is 11.0. The van der Waals surface area contributed by atoms with Gasteiger partial charge < -0.3 is 9.16 Å². The van der Waals surface area contributed by atoms with Gasteiger partial charge in [-0.1, -0.05) is 20.8 Å². The molecule has 0 saturated carbocycles. The largest absolute Gasteiger partial charge is 0.547 e. The van der Waals surface area contributed by atoms with Crippen molar-refractivity contribution in [3.63, 3.8) is 0 Å². The van der Waals surface area contributed by atoms with Crippen molar-refractivity contribution in [2.45, 2.75) is 63.1 Å². The van der Waals surface area contributed by atoms with E-state index < -0.39 is 24.0 Å². The molecule has 0 radical (unpaired) electrons. The monoisotopic (exact) mass is 414 g/mol. The summed E-state index contributed by atoms with van der Waals surface area (Å²) in [4.78, 5) is -0.0413. The molecule has 1 aliphatic carbocycles. The van der Waals surface area contributed by atoms with Crippen molar-refractivity contribution in [2.24, 2.45) is 5.92 Å². The molecule has 152 valence electrons. The van der Waals surface area contributed by atoms with Crippen LogP contribution in [0.2, 0.25) is 18.1 Å². The molecule has 4 nitrogen and oxygen atoms in total. The number of allylic oxidation sites excluding steroid dienone is 2. The molecule has 0 saturated heterocycles. The summed E-state index contributed by atoms with van der Waals surface area (Å²) in [5, 5.41) is 0.170. The fourth-order valence-electron chi connectivity index (χ4n) is 2.63. The highest BCUT2D eigenvalue weighted by Gasteiger charge is 2.39. The Hall–Kier alpha value is -1.34. The van der Waals surface area contributed by atoms with E-state index in [2.05, 4.69) is 39.9 Å². The zero-order chi connectivity index (χ0) is 20.5. The van der Waals surface area contributed by atoms with E-state index in [1.54, 1.807) is 0 Å². The average Bonchev–Trinajstić information content (AvgIpc) is 2.53. The van der Waals surface area contributed by atoms with Crippen LogP contribution in [0.25, 0.3) is 0 Å². The molecule has 0 bridgehead atoms. The van der Waals surface area contributed by atoms with Gasteiger partial charge in [0.2, 0.25) is 8.32 Å². The molecular weight excluding hydrogens is 383 g/mol. The Labute approximate surface area is 163 Å². The van der Waals surface area contributed by atoms with Crippen molar-refractivity contribution < 1.29 is 22.0 Å². The van der Waals surface area contributed by atoms with Crippen LogP contribution < -0.4 is 4.74 Å². The summed E-state index contributed by atoms with van der Waals surface area (Å²) in [6.07, 6.45) is 5.84. The number of rotatable bonds is 6. The molecule has 2 rings (SSSR count). The molecule has 0 amide bonds. The van der Waals surface area contributed by atoms with Crippen LogP contribution in [0.4, 0.5) is 4.39 Å². The van der Waals surface area contributed by atoms with Gasteiger partial charge in [0.15, 0.2) is 21.4 Å². The lowest BCUT2D eigenvalue weighted by atomic mass is 9.94. The van der Waals surface area contributed by atoms with Gasteiger partial charge in [-0.2, -0.15) is 0 Å². The zero-order valence-electron chi connectivity index (χ0n) is 17.1.